The molecule has 0 saturated heterocycles. The summed E-state index contributed by atoms with van der Waals surface area (Å²) >= 11 is 0. The fourth-order valence-corrected chi connectivity index (χ4v) is 1.47. The quantitative estimate of drug-likeness (QED) is 0.828. The first-order valence-corrected chi connectivity index (χ1v) is 4.74. The number of carboxylic acid groups (broad SMARTS) is 1. The maximum atomic E-state index is 13.5. The molecule has 0 aliphatic heterocycles. The zero-order chi connectivity index (χ0) is 12.3. The van der Waals surface area contributed by atoms with E-state index in [4.69, 9.17) is 9.84 Å². The number of methoxy groups -OCH3 is 1. The molecule has 2 N–H and O–H groups in total. The Morgan fingerprint density at radius 3 is 2.69 bits per heavy atom. The Morgan fingerprint density at radius 1 is 1.56 bits per heavy atom. The molecule has 1 aromatic carbocycles. The van der Waals surface area contributed by atoms with Crippen LogP contribution in [0.3, 0.4) is 0 Å². The summed E-state index contributed by atoms with van der Waals surface area (Å²) < 4.78 is 18.3. The molecule has 4 nitrogen and oxygen atoms in total. The van der Waals surface area contributed by atoms with E-state index in [-0.39, 0.29) is 23.5 Å². The molecule has 0 aliphatic rings. The number of carbonyl (C=O) groups is 1. The van der Waals surface area contributed by atoms with E-state index in [0.29, 0.717) is 0 Å². The third-order valence-electron chi connectivity index (χ3n) is 2.31. The summed E-state index contributed by atoms with van der Waals surface area (Å²) in [6, 6.07) is 2.24. The summed E-state index contributed by atoms with van der Waals surface area (Å²) in [4.78, 5) is 10.5. The molecule has 0 radical (unpaired) electrons. The number of hydrogen-bond donors (Lipinski definition) is 2. The normalized spacial score (nSPS) is 12.2. The Morgan fingerprint density at radius 2 is 2.19 bits per heavy atom. The van der Waals surface area contributed by atoms with Crippen LogP contribution in [0.1, 0.15) is 24.8 Å². The van der Waals surface area contributed by atoms with Crippen LogP contribution < -0.4 is 4.74 Å². The highest BCUT2D eigenvalue weighted by atomic mass is 19.1. The van der Waals surface area contributed by atoms with Gasteiger partial charge >= 0.3 is 5.97 Å². The summed E-state index contributed by atoms with van der Waals surface area (Å²) in [7, 11) is 1.35. The lowest BCUT2D eigenvalue weighted by atomic mass is 9.97. The van der Waals surface area contributed by atoms with Crippen LogP contribution in [0.5, 0.6) is 11.5 Å². The fraction of sp³-hybridized carbons (Fsp3) is 0.364. The summed E-state index contributed by atoms with van der Waals surface area (Å²) in [5.41, 5.74) is 0.219. The Bertz CT molecular complexity index is 403. The number of phenolic OH excluding ortho intramolecular Hbond substituents is 1. The number of rotatable bonds is 4. The Kier molecular flexibility index (Phi) is 3.71. The molecule has 1 aromatic rings. The van der Waals surface area contributed by atoms with Gasteiger partial charge in [0, 0.05) is 6.07 Å². The van der Waals surface area contributed by atoms with Crippen molar-refractivity contribution in [1.82, 2.24) is 0 Å². The second-order valence-electron chi connectivity index (χ2n) is 3.54. The molecule has 1 unspecified atom stereocenters. The molecule has 0 amide bonds. The van der Waals surface area contributed by atoms with Crippen molar-refractivity contribution in [3.8, 4) is 11.5 Å². The Balaban J connectivity index is 3.08. The van der Waals surface area contributed by atoms with Gasteiger partial charge in [0.1, 0.15) is 5.82 Å². The molecule has 16 heavy (non-hydrogen) atoms. The molecule has 0 heterocycles. The molecule has 0 spiro atoms. The number of aliphatic carboxylic acids is 1. The standard InChI is InChI=1S/C11H13FO4/c1-6(3-11(14)15)7-4-10(16-2)9(13)5-8(7)12/h4-6,13H,3H2,1-2H3,(H,14,15). The second-order valence-corrected chi connectivity index (χ2v) is 3.54. The van der Waals surface area contributed by atoms with Gasteiger partial charge in [-0.3, -0.25) is 4.79 Å². The highest BCUT2D eigenvalue weighted by Gasteiger charge is 2.17. The SMILES string of the molecule is COc1cc(C(C)CC(=O)O)c(F)cc1O. The average molecular weight is 228 g/mol. The molecule has 0 fully saturated rings. The zero-order valence-electron chi connectivity index (χ0n) is 9.03. The van der Waals surface area contributed by atoms with Gasteiger partial charge in [-0.05, 0) is 17.5 Å². The molecule has 1 atom stereocenters. The first-order chi connectivity index (χ1) is 7.45. The highest BCUT2D eigenvalue weighted by Crippen LogP contribution is 2.33. The van der Waals surface area contributed by atoms with Crippen LogP contribution in [0.25, 0.3) is 0 Å². The van der Waals surface area contributed by atoms with Gasteiger partial charge in [0.05, 0.1) is 13.5 Å². The van der Waals surface area contributed by atoms with E-state index in [0.717, 1.165) is 6.07 Å². The summed E-state index contributed by atoms with van der Waals surface area (Å²) in [6.45, 7) is 1.60. The van der Waals surface area contributed by atoms with Crippen molar-refractivity contribution in [3.05, 3.63) is 23.5 Å². The van der Waals surface area contributed by atoms with Gasteiger partial charge in [-0.25, -0.2) is 4.39 Å². The molecular weight excluding hydrogens is 215 g/mol. The lowest BCUT2D eigenvalue weighted by molar-refractivity contribution is -0.137. The van der Waals surface area contributed by atoms with Crippen LogP contribution in [0.15, 0.2) is 12.1 Å². The summed E-state index contributed by atoms with van der Waals surface area (Å²) in [6.07, 6.45) is -0.176. The van der Waals surface area contributed by atoms with Gasteiger partial charge in [-0.2, -0.15) is 0 Å². The first kappa shape index (κ1) is 12.3. The lowest BCUT2D eigenvalue weighted by Gasteiger charge is -2.13. The highest BCUT2D eigenvalue weighted by molar-refractivity contribution is 5.68. The molecule has 0 aliphatic carbocycles. The smallest absolute Gasteiger partial charge is 0.303 e. The summed E-state index contributed by atoms with van der Waals surface area (Å²) in [5.74, 6) is -2.28. The van der Waals surface area contributed by atoms with Crippen molar-refractivity contribution in [2.45, 2.75) is 19.3 Å². The topological polar surface area (TPSA) is 66.8 Å². The average Bonchev–Trinajstić information content (AvgIpc) is 2.16. The third kappa shape index (κ3) is 2.62. The minimum Gasteiger partial charge on any atom is -0.504 e. The van der Waals surface area contributed by atoms with E-state index in [9.17, 15) is 14.3 Å². The van der Waals surface area contributed by atoms with E-state index in [1.807, 2.05) is 0 Å². The van der Waals surface area contributed by atoms with E-state index in [2.05, 4.69) is 0 Å². The van der Waals surface area contributed by atoms with Crippen LogP contribution in [-0.2, 0) is 4.79 Å². The van der Waals surface area contributed by atoms with Gasteiger partial charge in [-0.1, -0.05) is 6.92 Å². The third-order valence-corrected chi connectivity index (χ3v) is 2.31. The molecular formula is C11H13FO4. The predicted octanol–water partition coefficient (Wildman–Crippen LogP) is 2.12. The van der Waals surface area contributed by atoms with Gasteiger partial charge in [0.25, 0.3) is 0 Å². The number of ether oxygens (including phenoxy) is 1. The van der Waals surface area contributed by atoms with Gasteiger partial charge < -0.3 is 14.9 Å². The van der Waals surface area contributed by atoms with Crippen molar-refractivity contribution >= 4 is 5.97 Å². The number of benzene rings is 1. The van der Waals surface area contributed by atoms with Crippen molar-refractivity contribution in [3.63, 3.8) is 0 Å². The Hall–Kier alpha value is -1.78. The molecule has 0 bridgehead atoms. The maximum Gasteiger partial charge on any atom is 0.303 e. The van der Waals surface area contributed by atoms with Crippen LogP contribution in [0.4, 0.5) is 4.39 Å². The van der Waals surface area contributed by atoms with Crippen molar-refractivity contribution in [1.29, 1.82) is 0 Å². The van der Waals surface area contributed by atoms with E-state index >= 15 is 0 Å². The van der Waals surface area contributed by atoms with Crippen LogP contribution in [-0.4, -0.2) is 23.3 Å². The predicted molar refractivity (Wildman–Crippen MR) is 55.3 cm³/mol. The second kappa shape index (κ2) is 4.83. The van der Waals surface area contributed by atoms with E-state index in [1.165, 1.54) is 13.2 Å². The monoisotopic (exact) mass is 228 g/mol. The van der Waals surface area contributed by atoms with Crippen LogP contribution >= 0.6 is 0 Å². The number of aromatic hydroxyl groups is 1. The van der Waals surface area contributed by atoms with Crippen LogP contribution in [0.2, 0.25) is 0 Å². The molecule has 88 valence electrons. The number of halogens is 1. The lowest BCUT2D eigenvalue weighted by Crippen LogP contribution is -2.05. The minimum atomic E-state index is -1.00. The molecule has 0 aromatic heterocycles. The summed E-state index contributed by atoms with van der Waals surface area (Å²) in [5, 5.41) is 17.9. The van der Waals surface area contributed by atoms with E-state index in [1.54, 1.807) is 6.92 Å². The minimum absolute atomic E-state index is 0.133. The largest absolute Gasteiger partial charge is 0.504 e. The van der Waals surface area contributed by atoms with Gasteiger partial charge in [-0.15, -0.1) is 0 Å². The van der Waals surface area contributed by atoms with Crippen LogP contribution in [0, 0.1) is 5.82 Å². The number of phenols is 1. The molecule has 0 saturated carbocycles. The van der Waals surface area contributed by atoms with Crippen molar-refractivity contribution in [2.24, 2.45) is 0 Å². The number of hydrogen-bond acceptors (Lipinski definition) is 3. The number of carboxylic acids is 1. The van der Waals surface area contributed by atoms with Gasteiger partial charge in [0.2, 0.25) is 0 Å². The van der Waals surface area contributed by atoms with Crippen molar-refractivity contribution in [2.75, 3.05) is 7.11 Å². The molecule has 1 rings (SSSR count). The van der Waals surface area contributed by atoms with Gasteiger partial charge in [0.15, 0.2) is 11.5 Å². The molecule has 5 heteroatoms. The maximum absolute atomic E-state index is 13.5. The Labute approximate surface area is 92.3 Å². The van der Waals surface area contributed by atoms with Crippen molar-refractivity contribution < 1.29 is 24.1 Å². The van der Waals surface area contributed by atoms with E-state index < -0.39 is 17.7 Å². The fourth-order valence-electron chi connectivity index (χ4n) is 1.47. The zero-order valence-corrected chi connectivity index (χ0v) is 9.03. The first-order valence-electron chi connectivity index (χ1n) is 4.74.